The summed E-state index contributed by atoms with van der Waals surface area (Å²) in [5.74, 6) is -2.44. The van der Waals surface area contributed by atoms with Gasteiger partial charge in [-0.15, -0.1) is 0 Å². The van der Waals surface area contributed by atoms with Gasteiger partial charge < -0.3 is 5.11 Å². The van der Waals surface area contributed by atoms with Gasteiger partial charge in [-0.05, 0) is 5.92 Å². The van der Waals surface area contributed by atoms with Gasteiger partial charge in [-0.2, -0.15) is 0 Å². The fraction of sp³-hybridized carbons (Fsp3) is 0.800. The van der Waals surface area contributed by atoms with E-state index in [1.807, 2.05) is 13.8 Å². The zero-order valence-corrected chi connectivity index (χ0v) is 8.11. The van der Waals surface area contributed by atoms with Crippen molar-refractivity contribution < 1.29 is 13.9 Å². The molecule has 0 spiro atoms. The first kappa shape index (κ1) is 10.6. The number of halogens is 2. The van der Waals surface area contributed by atoms with Crippen molar-refractivity contribution in [2.24, 2.45) is 11.3 Å². The van der Waals surface area contributed by atoms with Crippen LogP contribution >= 0.6 is 0 Å². The number of rotatable bonds is 3. The Morgan fingerprint density at radius 3 is 2.15 bits per heavy atom. The fourth-order valence-corrected chi connectivity index (χ4v) is 1.99. The minimum absolute atomic E-state index is 0.156. The van der Waals surface area contributed by atoms with E-state index in [0.717, 1.165) is 5.57 Å². The molecule has 1 fully saturated rings. The summed E-state index contributed by atoms with van der Waals surface area (Å²) in [7, 11) is 0. The van der Waals surface area contributed by atoms with E-state index >= 15 is 0 Å². The van der Waals surface area contributed by atoms with Crippen LogP contribution in [0.4, 0.5) is 8.78 Å². The van der Waals surface area contributed by atoms with E-state index in [2.05, 4.69) is 6.58 Å². The Kier molecular flexibility index (Phi) is 2.50. The molecule has 0 radical (unpaired) electrons. The van der Waals surface area contributed by atoms with E-state index in [1.165, 1.54) is 0 Å². The Labute approximate surface area is 77.5 Å². The molecule has 0 unspecified atom stereocenters. The van der Waals surface area contributed by atoms with Crippen LogP contribution in [0.1, 0.15) is 26.7 Å². The van der Waals surface area contributed by atoms with E-state index in [9.17, 15) is 8.78 Å². The van der Waals surface area contributed by atoms with E-state index in [-0.39, 0.29) is 25.4 Å². The second kappa shape index (κ2) is 3.05. The normalized spacial score (nSPS) is 24.2. The highest BCUT2D eigenvalue weighted by atomic mass is 19.3. The zero-order valence-electron chi connectivity index (χ0n) is 8.11. The van der Waals surface area contributed by atoms with Gasteiger partial charge in [0.15, 0.2) is 0 Å². The third-order valence-electron chi connectivity index (χ3n) is 2.87. The molecule has 0 saturated heterocycles. The highest BCUT2D eigenvalue weighted by Crippen LogP contribution is 2.56. The summed E-state index contributed by atoms with van der Waals surface area (Å²) in [6.45, 7) is 7.41. The average Bonchev–Trinajstić information content (AvgIpc) is 1.97. The van der Waals surface area contributed by atoms with E-state index in [4.69, 9.17) is 5.11 Å². The van der Waals surface area contributed by atoms with Crippen LogP contribution in [0.2, 0.25) is 0 Å². The number of aliphatic hydroxyl groups excluding tert-OH is 1. The predicted molar refractivity (Wildman–Crippen MR) is 47.7 cm³/mol. The van der Waals surface area contributed by atoms with Crippen molar-refractivity contribution in [2.75, 3.05) is 6.61 Å². The maximum atomic E-state index is 12.7. The number of hydrogen-bond acceptors (Lipinski definition) is 1. The highest BCUT2D eigenvalue weighted by molar-refractivity contribution is 5.20. The molecule has 0 aromatic carbocycles. The third-order valence-corrected chi connectivity index (χ3v) is 2.87. The smallest absolute Gasteiger partial charge is 0.250 e. The highest BCUT2D eigenvalue weighted by Gasteiger charge is 2.57. The zero-order chi connectivity index (χ0) is 10.3. The van der Waals surface area contributed by atoms with Crippen molar-refractivity contribution in [3.05, 3.63) is 12.2 Å². The molecule has 0 aliphatic heterocycles. The van der Waals surface area contributed by atoms with Crippen molar-refractivity contribution in [1.29, 1.82) is 0 Å². The summed E-state index contributed by atoms with van der Waals surface area (Å²) in [6, 6.07) is 0. The lowest BCUT2D eigenvalue weighted by atomic mass is 9.60. The molecule has 76 valence electrons. The van der Waals surface area contributed by atoms with Crippen molar-refractivity contribution in [3.8, 4) is 0 Å². The van der Waals surface area contributed by atoms with E-state index < -0.39 is 11.3 Å². The fourth-order valence-electron chi connectivity index (χ4n) is 1.99. The molecule has 1 N–H and O–H groups in total. The lowest BCUT2D eigenvalue weighted by molar-refractivity contribution is -0.161. The van der Waals surface area contributed by atoms with Gasteiger partial charge in [0.2, 0.25) is 5.92 Å². The predicted octanol–water partition coefficient (Wildman–Crippen LogP) is 2.61. The minimum Gasteiger partial charge on any atom is -0.395 e. The first-order valence-corrected chi connectivity index (χ1v) is 4.51. The summed E-state index contributed by atoms with van der Waals surface area (Å²) in [6.07, 6.45) is -0.485. The van der Waals surface area contributed by atoms with Gasteiger partial charge >= 0.3 is 0 Å². The Hall–Kier alpha value is -0.440. The lowest BCUT2D eigenvalue weighted by Gasteiger charge is -2.48. The second-order valence-electron chi connectivity index (χ2n) is 4.33. The molecule has 0 amide bonds. The number of aliphatic hydroxyl groups is 1. The quantitative estimate of drug-likeness (QED) is 0.678. The van der Waals surface area contributed by atoms with Gasteiger partial charge in [-0.1, -0.05) is 26.0 Å². The van der Waals surface area contributed by atoms with Crippen LogP contribution in [0.5, 0.6) is 0 Å². The summed E-state index contributed by atoms with van der Waals surface area (Å²) in [5.41, 5.74) is 0.0402. The molecule has 0 aromatic rings. The van der Waals surface area contributed by atoms with Gasteiger partial charge in [-0.3, -0.25) is 0 Å². The molecule has 0 atom stereocenters. The van der Waals surface area contributed by atoms with Gasteiger partial charge in [0.1, 0.15) is 0 Å². The first-order valence-electron chi connectivity index (χ1n) is 4.51. The first-order chi connectivity index (χ1) is 5.83. The second-order valence-corrected chi connectivity index (χ2v) is 4.33. The van der Waals surface area contributed by atoms with Gasteiger partial charge in [-0.25, -0.2) is 8.78 Å². The minimum atomic E-state index is -2.60. The third kappa shape index (κ3) is 1.75. The molecule has 0 bridgehead atoms. The molecule has 1 saturated carbocycles. The Bertz CT molecular complexity index is 213. The topological polar surface area (TPSA) is 20.2 Å². The molecule has 1 aliphatic rings. The SMILES string of the molecule is C=C(C(C)C)C1(CO)CC(F)(F)C1. The molecular formula is C10H16F2O. The number of alkyl halides is 2. The van der Waals surface area contributed by atoms with Crippen molar-refractivity contribution in [3.63, 3.8) is 0 Å². The molecule has 0 aromatic heterocycles. The van der Waals surface area contributed by atoms with E-state index in [0.29, 0.717) is 0 Å². The van der Waals surface area contributed by atoms with Crippen LogP contribution in [0.15, 0.2) is 12.2 Å². The van der Waals surface area contributed by atoms with Crippen LogP contribution < -0.4 is 0 Å². The van der Waals surface area contributed by atoms with Crippen LogP contribution in [-0.2, 0) is 0 Å². The van der Waals surface area contributed by atoms with E-state index in [1.54, 1.807) is 0 Å². The van der Waals surface area contributed by atoms with Crippen LogP contribution in [-0.4, -0.2) is 17.6 Å². The Morgan fingerprint density at radius 2 is 1.92 bits per heavy atom. The van der Waals surface area contributed by atoms with Gasteiger partial charge in [0, 0.05) is 18.3 Å². The van der Waals surface area contributed by atoms with Gasteiger partial charge in [0.05, 0.1) is 6.61 Å². The maximum Gasteiger partial charge on any atom is 0.250 e. The molecule has 1 rings (SSSR count). The summed E-state index contributed by atoms with van der Waals surface area (Å²) >= 11 is 0. The van der Waals surface area contributed by atoms with Crippen LogP contribution in [0, 0.1) is 11.3 Å². The molecular weight excluding hydrogens is 174 g/mol. The van der Waals surface area contributed by atoms with Gasteiger partial charge in [0.25, 0.3) is 0 Å². The molecule has 1 nitrogen and oxygen atoms in total. The largest absolute Gasteiger partial charge is 0.395 e. The van der Waals surface area contributed by atoms with Crippen molar-refractivity contribution >= 4 is 0 Å². The Balaban J connectivity index is 2.71. The summed E-state index contributed by atoms with van der Waals surface area (Å²) in [5, 5.41) is 9.09. The van der Waals surface area contributed by atoms with Crippen LogP contribution in [0.25, 0.3) is 0 Å². The van der Waals surface area contributed by atoms with Crippen molar-refractivity contribution in [2.45, 2.75) is 32.6 Å². The number of hydrogen-bond donors (Lipinski definition) is 1. The maximum absolute atomic E-state index is 12.7. The average molecular weight is 190 g/mol. The standard InChI is InChI=1S/C10H16F2O/c1-7(2)8(3)9(6-13)4-10(11,12)5-9/h7,13H,3-6H2,1-2H3. The molecule has 13 heavy (non-hydrogen) atoms. The molecule has 3 heteroatoms. The summed E-state index contributed by atoms with van der Waals surface area (Å²) < 4.78 is 25.4. The van der Waals surface area contributed by atoms with Crippen molar-refractivity contribution in [1.82, 2.24) is 0 Å². The monoisotopic (exact) mass is 190 g/mol. The lowest BCUT2D eigenvalue weighted by Crippen LogP contribution is -2.50. The summed E-state index contributed by atoms with van der Waals surface area (Å²) in [4.78, 5) is 0. The molecule has 1 aliphatic carbocycles. The molecule has 0 heterocycles. The van der Waals surface area contributed by atoms with Crippen LogP contribution in [0.3, 0.4) is 0 Å². The Morgan fingerprint density at radius 1 is 1.46 bits per heavy atom.